The summed E-state index contributed by atoms with van der Waals surface area (Å²) in [6.07, 6.45) is 1.36. The molecule has 3 nitrogen and oxygen atoms in total. The second kappa shape index (κ2) is 8.65. The van der Waals surface area contributed by atoms with Crippen molar-refractivity contribution >= 4 is 10.8 Å². The second-order valence-corrected chi connectivity index (χ2v) is 5.38. The fraction of sp³-hybridized carbons (Fsp3) is 0.444. The molecule has 0 spiro atoms. The van der Waals surface area contributed by atoms with Gasteiger partial charge in [0.15, 0.2) is 0 Å². The first-order valence-electron chi connectivity index (χ1n) is 7.69. The predicted octanol–water partition coefficient (Wildman–Crippen LogP) is 3.62. The van der Waals surface area contributed by atoms with Crippen molar-refractivity contribution in [1.29, 1.82) is 0 Å². The Morgan fingerprint density at radius 1 is 0.952 bits per heavy atom. The van der Waals surface area contributed by atoms with E-state index in [9.17, 15) is 0 Å². The molecule has 0 bridgehead atoms. The second-order valence-electron chi connectivity index (χ2n) is 5.38. The number of hydrogen-bond donors (Lipinski definition) is 1. The summed E-state index contributed by atoms with van der Waals surface area (Å²) in [5, 5.41) is 5.82. The average molecular weight is 287 g/mol. The predicted molar refractivity (Wildman–Crippen MR) is 88.0 cm³/mol. The molecule has 0 aromatic heterocycles. The van der Waals surface area contributed by atoms with Crippen LogP contribution in [0.4, 0.5) is 0 Å². The van der Waals surface area contributed by atoms with Crippen LogP contribution in [0.15, 0.2) is 42.5 Å². The molecule has 0 heterocycles. The maximum Gasteiger partial charge on any atom is 0.120 e. The van der Waals surface area contributed by atoms with E-state index in [-0.39, 0.29) is 0 Å². The summed E-state index contributed by atoms with van der Waals surface area (Å²) in [5.41, 5.74) is 0. The van der Waals surface area contributed by atoms with E-state index in [4.69, 9.17) is 9.47 Å². The molecule has 114 valence electrons. The lowest BCUT2D eigenvalue weighted by Gasteiger charge is -2.09. The van der Waals surface area contributed by atoms with Crippen molar-refractivity contribution in [3.05, 3.63) is 42.5 Å². The van der Waals surface area contributed by atoms with Gasteiger partial charge >= 0.3 is 0 Å². The molecule has 2 aromatic carbocycles. The summed E-state index contributed by atoms with van der Waals surface area (Å²) in [6.45, 7) is 7.44. The van der Waals surface area contributed by atoms with E-state index in [2.05, 4.69) is 49.5 Å². The van der Waals surface area contributed by atoms with Crippen LogP contribution in [-0.2, 0) is 4.74 Å². The molecule has 0 aliphatic heterocycles. The minimum absolute atomic E-state index is 0.321. The van der Waals surface area contributed by atoms with E-state index in [1.165, 1.54) is 10.8 Å². The first kappa shape index (κ1) is 15.8. The topological polar surface area (TPSA) is 30.5 Å². The molecule has 0 radical (unpaired) electrons. The quantitative estimate of drug-likeness (QED) is 0.715. The van der Waals surface area contributed by atoms with E-state index in [1.54, 1.807) is 0 Å². The van der Waals surface area contributed by atoms with Crippen LogP contribution in [-0.4, -0.2) is 32.4 Å². The van der Waals surface area contributed by atoms with Crippen LogP contribution >= 0.6 is 0 Å². The molecule has 21 heavy (non-hydrogen) atoms. The van der Waals surface area contributed by atoms with Crippen LogP contribution in [0.1, 0.15) is 20.3 Å². The van der Waals surface area contributed by atoms with Gasteiger partial charge in [-0.15, -0.1) is 0 Å². The Morgan fingerprint density at radius 3 is 2.57 bits per heavy atom. The maximum atomic E-state index is 5.77. The van der Waals surface area contributed by atoms with Crippen LogP contribution in [0.3, 0.4) is 0 Å². The molecule has 2 aromatic rings. The zero-order valence-electron chi connectivity index (χ0n) is 13.0. The highest BCUT2D eigenvalue weighted by Gasteiger charge is 1.97. The molecular formula is C18H25NO2. The smallest absolute Gasteiger partial charge is 0.120 e. The molecule has 0 atom stereocenters. The van der Waals surface area contributed by atoms with Crippen molar-refractivity contribution in [2.45, 2.75) is 26.4 Å². The largest absolute Gasteiger partial charge is 0.492 e. The van der Waals surface area contributed by atoms with E-state index in [1.807, 2.05) is 12.1 Å². The summed E-state index contributed by atoms with van der Waals surface area (Å²) in [7, 11) is 0. The molecule has 0 saturated heterocycles. The molecular weight excluding hydrogens is 262 g/mol. The monoisotopic (exact) mass is 287 g/mol. The molecule has 2 rings (SSSR count). The van der Waals surface area contributed by atoms with Crippen molar-refractivity contribution in [3.8, 4) is 5.75 Å². The lowest BCUT2D eigenvalue weighted by Crippen LogP contribution is -2.23. The molecule has 0 unspecified atom stereocenters. The number of benzene rings is 2. The number of fused-ring (bicyclic) bond motifs is 1. The Hall–Kier alpha value is -1.58. The van der Waals surface area contributed by atoms with Gasteiger partial charge in [0.1, 0.15) is 12.4 Å². The third-order valence-electron chi connectivity index (χ3n) is 3.22. The van der Waals surface area contributed by atoms with Gasteiger partial charge in [-0.25, -0.2) is 0 Å². The van der Waals surface area contributed by atoms with Crippen molar-refractivity contribution in [2.75, 3.05) is 26.3 Å². The van der Waals surface area contributed by atoms with Crippen LogP contribution in [0.2, 0.25) is 0 Å². The highest BCUT2D eigenvalue weighted by Crippen LogP contribution is 2.20. The standard InChI is InChI=1S/C18H25NO2/c1-15(2)20-12-5-10-19-11-13-21-18-9-8-16-6-3-4-7-17(16)14-18/h3-4,6-9,14-15,19H,5,10-13H2,1-2H3. The van der Waals surface area contributed by atoms with Gasteiger partial charge < -0.3 is 14.8 Å². The number of hydrogen-bond acceptors (Lipinski definition) is 3. The Labute approximate surface area is 127 Å². The summed E-state index contributed by atoms with van der Waals surface area (Å²) in [6, 6.07) is 14.5. The molecule has 0 saturated carbocycles. The van der Waals surface area contributed by atoms with E-state index >= 15 is 0 Å². The fourth-order valence-electron chi connectivity index (χ4n) is 2.14. The maximum absolute atomic E-state index is 5.77. The van der Waals surface area contributed by atoms with Gasteiger partial charge in [0.25, 0.3) is 0 Å². The number of rotatable bonds is 9. The SMILES string of the molecule is CC(C)OCCCNCCOc1ccc2ccccc2c1. The van der Waals surface area contributed by atoms with Crippen molar-refractivity contribution in [2.24, 2.45) is 0 Å². The Bertz CT molecular complexity index is 539. The van der Waals surface area contributed by atoms with Crippen LogP contribution in [0.5, 0.6) is 5.75 Å². The Kier molecular flexibility index (Phi) is 6.51. The molecule has 1 N–H and O–H groups in total. The average Bonchev–Trinajstić information content (AvgIpc) is 2.49. The minimum atomic E-state index is 0.321. The summed E-state index contributed by atoms with van der Waals surface area (Å²) >= 11 is 0. The first-order chi connectivity index (χ1) is 10.3. The van der Waals surface area contributed by atoms with Gasteiger partial charge in [0.2, 0.25) is 0 Å². The van der Waals surface area contributed by atoms with Crippen LogP contribution in [0.25, 0.3) is 10.8 Å². The van der Waals surface area contributed by atoms with Gasteiger partial charge in [-0.3, -0.25) is 0 Å². The molecule has 0 aliphatic rings. The zero-order valence-corrected chi connectivity index (χ0v) is 13.0. The number of ether oxygens (including phenoxy) is 2. The van der Waals surface area contributed by atoms with Crippen LogP contribution in [0, 0.1) is 0 Å². The summed E-state index contributed by atoms with van der Waals surface area (Å²) < 4.78 is 11.3. The lowest BCUT2D eigenvalue weighted by molar-refractivity contribution is 0.0770. The van der Waals surface area contributed by atoms with E-state index < -0.39 is 0 Å². The lowest BCUT2D eigenvalue weighted by atomic mass is 10.1. The third kappa shape index (κ3) is 5.74. The first-order valence-corrected chi connectivity index (χ1v) is 7.69. The van der Waals surface area contributed by atoms with Gasteiger partial charge in [0.05, 0.1) is 6.10 Å². The van der Waals surface area contributed by atoms with Crippen molar-refractivity contribution in [3.63, 3.8) is 0 Å². The van der Waals surface area contributed by atoms with E-state index in [0.29, 0.717) is 12.7 Å². The van der Waals surface area contributed by atoms with E-state index in [0.717, 1.165) is 31.9 Å². The molecule has 3 heteroatoms. The third-order valence-corrected chi connectivity index (χ3v) is 3.22. The fourth-order valence-corrected chi connectivity index (χ4v) is 2.14. The molecule has 0 amide bonds. The Balaban J connectivity index is 1.61. The summed E-state index contributed by atoms with van der Waals surface area (Å²) in [4.78, 5) is 0. The van der Waals surface area contributed by atoms with Gasteiger partial charge in [-0.2, -0.15) is 0 Å². The van der Waals surface area contributed by atoms with Gasteiger partial charge in [0, 0.05) is 13.2 Å². The van der Waals surface area contributed by atoms with Gasteiger partial charge in [-0.1, -0.05) is 30.3 Å². The molecule has 0 aliphatic carbocycles. The highest BCUT2D eigenvalue weighted by atomic mass is 16.5. The highest BCUT2D eigenvalue weighted by molar-refractivity contribution is 5.83. The normalized spacial score (nSPS) is 11.2. The summed E-state index contributed by atoms with van der Waals surface area (Å²) in [5.74, 6) is 0.929. The van der Waals surface area contributed by atoms with Crippen LogP contribution < -0.4 is 10.1 Å². The number of nitrogens with one attached hydrogen (secondary N) is 1. The minimum Gasteiger partial charge on any atom is -0.492 e. The zero-order chi connectivity index (χ0) is 14.9. The Morgan fingerprint density at radius 2 is 1.76 bits per heavy atom. The van der Waals surface area contributed by atoms with Gasteiger partial charge in [-0.05, 0) is 49.7 Å². The van der Waals surface area contributed by atoms with Crippen molar-refractivity contribution < 1.29 is 9.47 Å². The molecule has 0 fully saturated rings. The van der Waals surface area contributed by atoms with Crippen molar-refractivity contribution in [1.82, 2.24) is 5.32 Å².